The molecular formula is C33H43BrN4O2S. The Labute approximate surface area is 255 Å². The molecule has 0 bridgehead atoms. The molecule has 3 aromatic rings. The number of sulfonamides is 1. The Hall–Kier alpha value is -3.20. The molecule has 1 aliphatic carbocycles. The SMILES string of the molecule is C/C=C\C=C(/C)S(=O)(=O)NCc1cccc(CN/C(=C/Cc2ccccc2C)n2ncc(Br)c2C)c1.C1CC1.C=C. The summed E-state index contributed by atoms with van der Waals surface area (Å²) in [6, 6.07) is 16.2. The number of hydrogen-bond donors (Lipinski definition) is 2. The third-order valence-corrected chi connectivity index (χ3v) is 8.47. The van der Waals surface area contributed by atoms with Crippen LogP contribution in [0.3, 0.4) is 0 Å². The number of allylic oxidation sites excluding steroid dienone is 5. The molecule has 1 aromatic heterocycles. The van der Waals surface area contributed by atoms with Gasteiger partial charge in [-0.3, -0.25) is 0 Å². The third kappa shape index (κ3) is 11.7. The number of benzene rings is 2. The van der Waals surface area contributed by atoms with E-state index in [0.717, 1.165) is 33.5 Å². The molecule has 220 valence electrons. The smallest absolute Gasteiger partial charge is 0.236 e. The highest BCUT2D eigenvalue weighted by Crippen LogP contribution is 2.19. The van der Waals surface area contributed by atoms with Gasteiger partial charge in [0.1, 0.15) is 5.82 Å². The van der Waals surface area contributed by atoms with Crippen molar-refractivity contribution in [3.63, 3.8) is 0 Å². The molecule has 0 amide bonds. The van der Waals surface area contributed by atoms with Crippen molar-refractivity contribution in [1.29, 1.82) is 0 Å². The van der Waals surface area contributed by atoms with E-state index in [1.54, 1.807) is 31.3 Å². The number of hydrogen-bond acceptors (Lipinski definition) is 4. The van der Waals surface area contributed by atoms with Gasteiger partial charge in [-0.1, -0.05) is 79.9 Å². The van der Waals surface area contributed by atoms with E-state index in [0.29, 0.717) is 6.54 Å². The molecule has 1 aliphatic rings. The van der Waals surface area contributed by atoms with Crippen LogP contribution in [0.15, 0.2) is 102 Å². The van der Waals surface area contributed by atoms with Crippen LogP contribution in [0.5, 0.6) is 0 Å². The number of rotatable bonds is 11. The van der Waals surface area contributed by atoms with Crippen molar-refractivity contribution in [2.45, 2.75) is 66.5 Å². The van der Waals surface area contributed by atoms with E-state index in [2.05, 4.69) is 75.4 Å². The Morgan fingerprint density at radius 1 is 1.05 bits per heavy atom. The van der Waals surface area contributed by atoms with Crippen LogP contribution in [0.4, 0.5) is 0 Å². The predicted octanol–water partition coefficient (Wildman–Crippen LogP) is 7.97. The first-order valence-corrected chi connectivity index (χ1v) is 16.0. The Balaban J connectivity index is 0.00000108. The second-order valence-electron chi connectivity index (χ2n) is 9.57. The predicted molar refractivity (Wildman–Crippen MR) is 177 cm³/mol. The number of nitrogens with zero attached hydrogens (tertiary/aromatic N) is 2. The fraction of sp³-hybridized carbons (Fsp3) is 0.303. The molecule has 0 unspecified atom stereocenters. The van der Waals surface area contributed by atoms with Gasteiger partial charge in [-0.2, -0.15) is 5.10 Å². The summed E-state index contributed by atoms with van der Waals surface area (Å²) in [5.41, 5.74) is 5.44. The van der Waals surface area contributed by atoms with Crippen molar-refractivity contribution in [3.05, 3.63) is 130 Å². The lowest BCUT2D eigenvalue weighted by atomic mass is 10.1. The van der Waals surface area contributed by atoms with Crippen molar-refractivity contribution in [2.75, 3.05) is 0 Å². The second kappa shape index (κ2) is 17.6. The molecule has 6 nitrogen and oxygen atoms in total. The van der Waals surface area contributed by atoms with E-state index in [-0.39, 0.29) is 11.4 Å². The molecule has 2 N–H and O–H groups in total. The summed E-state index contributed by atoms with van der Waals surface area (Å²) < 4.78 is 30.4. The van der Waals surface area contributed by atoms with Crippen molar-refractivity contribution in [3.8, 4) is 0 Å². The summed E-state index contributed by atoms with van der Waals surface area (Å²) >= 11 is 3.55. The van der Waals surface area contributed by atoms with Crippen LogP contribution in [-0.2, 0) is 29.5 Å². The lowest BCUT2D eigenvalue weighted by Crippen LogP contribution is -2.24. The van der Waals surface area contributed by atoms with Gasteiger partial charge in [-0.05, 0) is 84.5 Å². The summed E-state index contributed by atoms with van der Waals surface area (Å²) in [7, 11) is -3.53. The van der Waals surface area contributed by atoms with E-state index in [1.165, 1.54) is 30.4 Å². The van der Waals surface area contributed by atoms with Gasteiger partial charge in [0, 0.05) is 13.1 Å². The topological polar surface area (TPSA) is 76.0 Å². The number of aryl methyl sites for hydroxylation is 1. The molecule has 2 aromatic carbocycles. The van der Waals surface area contributed by atoms with Gasteiger partial charge in [0.2, 0.25) is 10.0 Å². The van der Waals surface area contributed by atoms with E-state index < -0.39 is 10.0 Å². The minimum Gasteiger partial charge on any atom is -0.366 e. The summed E-state index contributed by atoms with van der Waals surface area (Å²) in [5, 5.41) is 8.05. The summed E-state index contributed by atoms with van der Waals surface area (Å²) in [6.45, 7) is 14.3. The highest BCUT2D eigenvalue weighted by molar-refractivity contribution is 9.10. The zero-order chi connectivity index (χ0) is 30.3. The Bertz CT molecular complexity index is 1450. The largest absolute Gasteiger partial charge is 0.366 e. The van der Waals surface area contributed by atoms with Crippen LogP contribution in [-0.4, -0.2) is 18.2 Å². The Morgan fingerprint density at radius 2 is 1.71 bits per heavy atom. The van der Waals surface area contributed by atoms with Gasteiger partial charge in [-0.25, -0.2) is 17.8 Å². The maximum absolute atomic E-state index is 12.5. The molecule has 0 atom stereocenters. The first-order chi connectivity index (χ1) is 19.7. The monoisotopic (exact) mass is 638 g/mol. The zero-order valence-corrected chi connectivity index (χ0v) is 27.1. The van der Waals surface area contributed by atoms with Gasteiger partial charge < -0.3 is 5.32 Å². The molecular weight excluding hydrogens is 596 g/mol. The molecule has 1 heterocycles. The van der Waals surface area contributed by atoms with Crippen molar-refractivity contribution >= 4 is 31.8 Å². The van der Waals surface area contributed by atoms with Crippen LogP contribution in [0.2, 0.25) is 0 Å². The molecule has 0 radical (unpaired) electrons. The third-order valence-electron chi connectivity index (χ3n) is 6.19. The molecule has 41 heavy (non-hydrogen) atoms. The molecule has 0 aliphatic heterocycles. The highest BCUT2D eigenvalue weighted by atomic mass is 79.9. The quantitative estimate of drug-likeness (QED) is 0.165. The summed E-state index contributed by atoms with van der Waals surface area (Å²) in [4.78, 5) is 0.280. The van der Waals surface area contributed by atoms with Gasteiger partial charge in [0.05, 0.1) is 21.3 Å². The average molecular weight is 640 g/mol. The lowest BCUT2D eigenvalue weighted by Gasteiger charge is -2.15. The van der Waals surface area contributed by atoms with Crippen molar-refractivity contribution in [2.24, 2.45) is 0 Å². The fourth-order valence-electron chi connectivity index (χ4n) is 3.57. The van der Waals surface area contributed by atoms with Crippen molar-refractivity contribution < 1.29 is 8.42 Å². The molecule has 1 saturated carbocycles. The van der Waals surface area contributed by atoms with E-state index in [4.69, 9.17) is 0 Å². The van der Waals surface area contributed by atoms with Gasteiger partial charge >= 0.3 is 0 Å². The van der Waals surface area contributed by atoms with E-state index in [1.807, 2.05) is 48.9 Å². The number of nitrogens with one attached hydrogen (secondary N) is 2. The van der Waals surface area contributed by atoms with Gasteiger partial charge in [-0.15, -0.1) is 13.2 Å². The minimum atomic E-state index is -3.53. The van der Waals surface area contributed by atoms with Crippen LogP contribution in [0, 0.1) is 13.8 Å². The van der Waals surface area contributed by atoms with E-state index >= 15 is 0 Å². The fourth-order valence-corrected chi connectivity index (χ4v) is 4.67. The van der Waals surface area contributed by atoms with Crippen LogP contribution in [0.1, 0.15) is 61.1 Å². The highest BCUT2D eigenvalue weighted by Gasteiger charge is 2.13. The van der Waals surface area contributed by atoms with Gasteiger partial charge in [0.25, 0.3) is 0 Å². The second-order valence-corrected chi connectivity index (χ2v) is 12.4. The van der Waals surface area contributed by atoms with Gasteiger partial charge in [0.15, 0.2) is 0 Å². The normalized spacial score (nSPS) is 13.2. The molecule has 8 heteroatoms. The molecule has 1 fully saturated rings. The Kier molecular flexibility index (Phi) is 14.6. The molecule has 0 spiro atoms. The first kappa shape index (κ1) is 34.0. The maximum atomic E-state index is 12.5. The minimum absolute atomic E-state index is 0.221. The Morgan fingerprint density at radius 3 is 2.29 bits per heavy atom. The zero-order valence-electron chi connectivity index (χ0n) is 24.7. The van der Waals surface area contributed by atoms with E-state index in [9.17, 15) is 8.42 Å². The molecule has 0 saturated heterocycles. The van der Waals surface area contributed by atoms with Crippen LogP contribution >= 0.6 is 15.9 Å². The average Bonchev–Trinajstić information content (AvgIpc) is 3.84. The van der Waals surface area contributed by atoms with Crippen LogP contribution < -0.4 is 10.0 Å². The van der Waals surface area contributed by atoms with Crippen molar-refractivity contribution in [1.82, 2.24) is 19.8 Å². The number of halogens is 1. The summed E-state index contributed by atoms with van der Waals surface area (Å²) in [5.74, 6) is 0.886. The lowest BCUT2D eigenvalue weighted by molar-refractivity contribution is 0.587. The maximum Gasteiger partial charge on any atom is 0.236 e. The first-order valence-electron chi connectivity index (χ1n) is 13.8. The number of aromatic nitrogens is 2. The standard InChI is InChI=1S/C28H33BrN4O2S.C3H6.C2H4/c1-5-6-11-22(3)36(34,35)32-19-25-13-9-12-24(17-25)18-30-28(33-23(4)27(29)20-31-33)16-15-26-14-8-7-10-21(26)2;1-2-3-1;1-2/h5-14,16-17,20,30,32H,15,18-19H2,1-4H3;1-3H2;1-2H2/b6-5-,22-11+,28-16-;;. The summed E-state index contributed by atoms with van der Waals surface area (Å²) in [6.07, 6.45) is 14.3. The van der Waals surface area contributed by atoms with Crippen LogP contribution in [0.25, 0.3) is 5.82 Å². The molecule has 4 rings (SSSR count).